The monoisotopic (exact) mass is 318 g/mol. The van der Waals surface area contributed by atoms with E-state index in [4.69, 9.17) is 16.3 Å². The van der Waals surface area contributed by atoms with Crippen LogP contribution in [0.15, 0.2) is 48.5 Å². The molecule has 0 atom stereocenters. The van der Waals surface area contributed by atoms with Crippen LogP contribution in [0.5, 0.6) is 5.75 Å². The van der Waals surface area contributed by atoms with Gasteiger partial charge in [0.25, 0.3) is 0 Å². The number of benzene rings is 2. The summed E-state index contributed by atoms with van der Waals surface area (Å²) in [6.45, 7) is 3.33. The number of hydrogen-bond donors (Lipinski definition) is 2. The summed E-state index contributed by atoms with van der Waals surface area (Å²) in [6.07, 6.45) is 0. The fraction of sp³-hybridized carbons (Fsp3) is 0.235. The molecule has 0 aromatic heterocycles. The summed E-state index contributed by atoms with van der Waals surface area (Å²) < 4.78 is 5.35. The third-order valence-corrected chi connectivity index (χ3v) is 3.38. The van der Waals surface area contributed by atoms with Gasteiger partial charge in [-0.25, -0.2) is 0 Å². The van der Waals surface area contributed by atoms with Crippen molar-refractivity contribution in [2.75, 3.05) is 18.5 Å². The summed E-state index contributed by atoms with van der Waals surface area (Å²) in [5.74, 6) is 0.688. The van der Waals surface area contributed by atoms with Crippen LogP contribution >= 0.6 is 11.6 Å². The Hall–Kier alpha value is -2.04. The fourth-order valence-corrected chi connectivity index (χ4v) is 2.16. The van der Waals surface area contributed by atoms with Crippen LogP contribution in [0.3, 0.4) is 0 Å². The summed E-state index contributed by atoms with van der Waals surface area (Å²) >= 11 is 6.06. The molecule has 2 aromatic carbocycles. The molecule has 0 bridgehead atoms. The first-order valence-corrected chi connectivity index (χ1v) is 7.53. The molecule has 0 aliphatic rings. The molecule has 5 heteroatoms. The molecule has 2 N–H and O–H groups in total. The quantitative estimate of drug-likeness (QED) is 0.822. The van der Waals surface area contributed by atoms with Gasteiger partial charge in [-0.3, -0.25) is 4.79 Å². The molecule has 0 radical (unpaired) electrons. The van der Waals surface area contributed by atoms with Crippen molar-refractivity contribution in [2.24, 2.45) is 0 Å². The molecule has 0 heterocycles. The van der Waals surface area contributed by atoms with Gasteiger partial charge in [0.15, 0.2) is 0 Å². The van der Waals surface area contributed by atoms with Crippen molar-refractivity contribution in [3.05, 3.63) is 59.1 Å². The first-order valence-electron chi connectivity index (χ1n) is 7.16. The van der Waals surface area contributed by atoms with E-state index in [2.05, 4.69) is 10.6 Å². The predicted molar refractivity (Wildman–Crippen MR) is 89.4 cm³/mol. The highest BCUT2D eigenvalue weighted by Gasteiger charge is 2.04. The van der Waals surface area contributed by atoms with Crippen LogP contribution in [0.1, 0.15) is 12.5 Å². The van der Waals surface area contributed by atoms with E-state index in [-0.39, 0.29) is 12.5 Å². The number of amides is 1. The van der Waals surface area contributed by atoms with Crippen molar-refractivity contribution in [3.8, 4) is 5.75 Å². The molecule has 22 heavy (non-hydrogen) atoms. The number of anilines is 1. The zero-order chi connectivity index (χ0) is 15.8. The molecule has 0 saturated heterocycles. The lowest BCUT2D eigenvalue weighted by molar-refractivity contribution is -0.115. The van der Waals surface area contributed by atoms with Gasteiger partial charge in [0, 0.05) is 17.3 Å². The second kappa shape index (κ2) is 8.41. The second-order valence-corrected chi connectivity index (χ2v) is 5.11. The number of hydrogen-bond acceptors (Lipinski definition) is 3. The summed E-state index contributed by atoms with van der Waals surface area (Å²) in [6, 6.07) is 14.9. The van der Waals surface area contributed by atoms with Gasteiger partial charge in [0.1, 0.15) is 5.75 Å². The van der Waals surface area contributed by atoms with Crippen LogP contribution in [0.4, 0.5) is 5.69 Å². The summed E-state index contributed by atoms with van der Waals surface area (Å²) in [7, 11) is 0. The fourth-order valence-electron chi connectivity index (χ4n) is 1.96. The molecule has 0 aliphatic heterocycles. The number of rotatable bonds is 7. The summed E-state index contributed by atoms with van der Waals surface area (Å²) in [5, 5.41) is 6.59. The summed E-state index contributed by atoms with van der Waals surface area (Å²) in [4.78, 5) is 11.9. The van der Waals surface area contributed by atoms with E-state index in [0.29, 0.717) is 18.2 Å². The van der Waals surface area contributed by atoms with Gasteiger partial charge < -0.3 is 15.4 Å². The minimum atomic E-state index is -0.101. The van der Waals surface area contributed by atoms with Crippen LogP contribution in [-0.2, 0) is 11.3 Å². The van der Waals surface area contributed by atoms with Crippen LogP contribution in [0.2, 0.25) is 5.02 Å². The normalized spacial score (nSPS) is 10.3. The van der Waals surface area contributed by atoms with Crippen LogP contribution in [0, 0.1) is 0 Å². The number of carbonyl (C=O) groups is 1. The molecule has 2 rings (SSSR count). The predicted octanol–water partition coefficient (Wildman–Crippen LogP) is 3.47. The molecule has 0 unspecified atom stereocenters. The van der Waals surface area contributed by atoms with Crippen molar-refractivity contribution in [3.63, 3.8) is 0 Å². The maximum Gasteiger partial charge on any atom is 0.238 e. The van der Waals surface area contributed by atoms with E-state index in [1.807, 2.05) is 55.5 Å². The first kappa shape index (κ1) is 16.3. The third-order valence-electron chi connectivity index (χ3n) is 3.01. The van der Waals surface area contributed by atoms with Crippen LogP contribution in [-0.4, -0.2) is 19.1 Å². The zero-order valence-electron chi connectivity index (χ0n) is 12.4. The largest absolute Gasteiger partial charge is 0.494 e. The smallest absolute Gasteiger partial charge is 0.238 e. The Morgan fingerprint density at radius 1 is 1.14 bits per heavy atom. The van der Waals surface area contributed by atoms with E-state index in [9.17, 15) is 4.79 Å². The highest BCUT2D eigenvalue weighted by molar-refractivity contribution is 6.31. The maximum atomic E-state index is 11.9. The number of nitrogens with one attached hydrogen (secondary N) is 2. The van der Waals surface area contributed by atoms with Gasteiger partial charge >= 0.3 is 0 Å². The van der Waals surface area contributed by atoms with Crippen molar-refractivity contribution in [2.45, 2.75) is 13.5 Å². The molecular formula is C17H19ClN2O2. The molecule has 0 spiro atoms. The maximum absolute atomic E-state index is 11.9. The molecule has 4 nitrogen and oxygen atoms in total. The average Bonchev–Trinajstić information content (AvgIpc) is 2.51. The van der Waals surface area contributed by atoms with Gasteiger partial charge in [0.05, 0.1) is 13.2 Å². The Kier molecular flexibility index (Phi) is 6.25. The Balaban J connectivity index is 1.77. The lowest BCUT2D eigenvalue weighted by atomic mass is 10.2. The minimum Gasteiger partial charge on any atom is -0.494 e. The Bertz CT molecular complexity index is 614. The van der Waals surface area contributed by atoms with Crippen LogP contribution < -0.4 is 15.4 Å². The first-order chi connectivity index (χ1) is 10.7. The Labute approximate surface area is 135 Å². The lowest BCUT2D eigenvalue weighted by Gasteiger charge is -2.09. The summed E-state index contributed by atoms with van der Waals surface area (Å²) in [5.41, 5.74) is 1.71. The van der Waals surface area contributed by atoms with Gasteiger partial charge in [-0.2, -0.15) is 0 Å². The van der Waals surface area contributed by atoms with Crippen molar-refractivity contribution >= 4 is 23.2 Å². The Morgan fingerprint density at radius 3 is 2.55 bits per heavy atom. The number of carbonyl (C=O) groups excluding carboxylic acids is 1. The van der Waals surface area contributed by atoms with Gasteiger partial charge in [-0.15, -0.1) is 0 Å². The van der Waals surface area contributed by atoms with E-state index in [0.717, 1.165) is 17.0 Å². The van der Waals surface area contributed by atoms with Crippen LogP contribution in [0.25, 0.3) is 0 Å². The zero-order valence-corrected chi connectivity index (χ0v) is 13.2. The topological polar surface area (TPSA) is 50.4 Å². The van der Waals surface area contributed by atoms with E-state index in [1.54, 1.807) is 0 Å². The molecule has 0 aliphatic carbocycles. The van der Waals surface area contributed by atoms with Gasteiger partial charge in [-0.05, 0) is 42.8 Å². The minimum absolute atomic E-state index is 0.101. The lowest BCUT2D eigenvalue weighted by Crippen LogP contribution is -2.27. The highest BCUT2D eigenvalue weighted by atomic mass is 35.5. The molecule has 0 saturated carbocycles. The van der Waals surface area contributed by atoms with E-state index < -0.39 is 0 Å². The molecule has 0 fully saturated rings. The van der Waals surface area contributed by atoms with Gasteiger partial charge in [-0.1, -0.05) is 29.8 Å². The highest BCUT2D eigenvalue weighted by Crippen LogP contribution is 2.16. The standard InChI is InChI=1S/C17H19ClN2O2/c1-2-22-15-9-7-14(8-10-15)20-17(21)12-19-11-13-5-3-4-6-16(13)18/h3-10,19H,2,11-12H2,1H3,(H,20,21). The SMILES string of the molecule is CCOc1ccc(NC(=O)CNCc2ccccc2Cl)cc1. The van der Waals surface area contributed by atoms with E-state index >= 15 is 0 Å². The van der Waals surface area contributed by atoms with Crippen molar-refractivity contribution in [1.82, 2.24) is 5.32 Å². The molecule has 116 valence electrons. The number of ether oxygens (including phenoxy) is 1. The molecular weight excluding hydrogens is 300 g/mol. The van der Waals surface area contributed by atoms with Gasteiger partial charge in [0.2, 0.25) is 5.91 Å². The van der Waals surface area contributed by atoms with Crippen molar-refractivity contribution in [1.29, 1.82) is 0 Å². The van der Waals surface area contributed by atoms with E-state index in [1.165, 1.54) is 0 Å². The molecule has 2 aromatic rings. The third kappa shape index (κ3) is 5.06. The average molecular weight is 319 g/mol. The number of halogens is 1. The Morgan fingerprint density at radius 2 is 1.86 bits per heavy atom. The molecule has 1 amide bonds. The van der Waals surface area contributed by atoms with Crippen molar-refractivity contribution < 1.29 is 9.53 Å². The second-order valence-electron chi connectivity index (χ2n) is 4.70.